The van der Waals surface area contributed by atoms with Crippen molar-refractivity contribution < 1.29 is 18.7 Å². The molecule has 1 amide bonds. The Bertz CT molecular complexity index is 945. The average Bonchev–Trinajstić information content (AvgIpc) is 2.99. The first-order valence-electron chi connectivity index (χ1n) is 7.72. The molecule has 5 nitrogen and oxygen atoms in total. The van der Waals surface area contributed by atoms with E-state index in [1.807, 2.05) is 12.1 Å². The van der Waals surface area contributed by atoms with Gasteiger partial charge in [-0.05, 0) is 35.9 Å². The Balaban J connectivity index is 1.86. The van der Waals surface area contributed by atoms with Gasteiger partial charge in [-0.3, -0.25) is 14.2 Å². The van der Waals surface area contributed by atoms with Gasteiger partial charge in [0.15, 0.2) is 0 Å². The zero-order valence-electron chi connectivity index (χ0n) is 13.9. The molecule has 1 aromatic heterocycles. The topological polar surface area (TPSA) is 60.3 Å². The van der Waals surface area contributed by atoms with Crippen LogP contribution in [0.25, 0.3) is 10.9 Å². The summed E-state index contributed by atoms with van der Waals surface area (Å²) in [5, 5.41) is 3.19. The van der Waals surface area contributed by atoms with Crippen molar-refractivity contribution in [3.8, 4) is 5.75 Å². The minimum atomic E-state index is -0.460. The second kappa shape index (κ2) is 6.76. The molecule has 1 N–H and O–H groups in total. The standard InChI is InChI=1S/C19H17FN2O3/c1-12(23)22-11-17(16-9-14(20)5-8-18(16)22)19(24)21-10-13-3-6-15(25-2)7-4-13/h3-9,11H,10H2,1-2H3,(H,21,24). The maximum atomic E-state index is 13.6. The monoisotopic (exact) mass is 340 g/mol. The van der Waals surface area contributed by atoms with E-state index < -0.39 is 5.82 Å². The Kier molecular flexibility index (Phi) is 4.52. The van der Waals surface area contributed by atoms with Gasteiger partial charge >= 0.3 is 0 Å². The summed E-state index contributed by atoms with van der Waals surface area (Å²) >= 11 is 0. The SMILES string of the molecule is COc1ccc(CNC(=O)c2cn(C(C)=O)c3ccc(F)cc23)cc1. The van der Waals surface area contributed by atoms with Gasteiger partial charge in [-0.1, -0.05) is 12.1 Å². The van der Waals surface area contributed by atoms with Crippen LogP contribution in [0.15, 0.2) is 48.7 Å². The van der Waals surface area contributed by atoms with E-state index in [2.05, 4.69) is 5.32 Å². The van der Waals surface area contributed by atoms with E-state index in [0.717, 1.165) is 11.3 Å². The number of nitrogens with one attached hydrogen (secondary N) is 1. The van der Waals surface area contributed by atoms with Crippen molar-refractivity contribution in [2.24, 2.45) is 0 Å². The minimum Gasteiger partial charge on any atom is -0.497 e. The Morgan fingerprint density at radius 1 is 1.16 bits per heavy atom. The second-order valence-electron chi connectivity index (χ2n) is 5.62. The fraction of sp³-hybridized carbons (Fsp3) is 0.158. The summed E-state index contributed by atoms with van der Waals surface area (Å²) in [6.07, 6.45) is 1.44. The summed E-state index contributed by atoms with van der Waals surface area (Å²) < 4.78 is 20.0. The highest BCUT2D eigenvalue weighted by Crippen LogP contribution is 2.23. The molecule has 0 aliphatic heterocycles. The van der Waals surface area contributed by atoms with Crippen molar-refractivity contribution in [2.75, 3.05) is 7.11 Å². The van der Waals surface area contributed by atoms with E-state index in [1.165, 1.54) is 35.9 Å². The number of carbonyl (C=O) groups excluding carboxylic acids is 2. The molecule has 3 aromatic rings. The van der Waals surface area contributed by atoms with Crippen LogP contribution in [-0.2, 0) is 6.54 Å². The minimum absolute atomic E-state index is 0.245. The zero-order valence-corrected chi connectivity index (χ0v) is 13.9. The smallest absolute Gasteiger partial charge is 0.253 e. The first-order chi connectivity index (χ1) is 12.0. The van der Waals surface area contributed by atoms with Crippen LogP contribution >= 0.6 is 0 Å². The molecule has 128 valence electrons. The van der Waals surface area contributed by atoms with Crippen molar-refractivity contribution >= 4 is 22.7 Å². The van der Waals surface area contributed by atoms with Crippen molar-refractivity contribution in [2.45, 2.75) is 13.5 Å². The molecule has 0 radical (unpaired) electrons. The van der Waals surface area contributed by atoms with Crippen LogP contribution in [0.3, 0.4) is 0 Å². The van der Waals surface area contributed by atoms with Gasteiger partial charge in [-0.2, -0.15) is 0 Å². The highest BCUT2D eigenvalue weighted by molar-refractivity contribution is 6.09. The van der Waals surface area contributed by atoms with Gasteiger partial charge in [0, 0.05) is 25.1 Å². The first-order valence-corrected chi connectivity index (χ1v) is 7.72. The molecule has 1 heterocycles. The number of fused-ring (bicyclic) bond motifs is 1. The highest BCUT2D eigenvalue weighted by atomic mass is 19.1. The molecule has 0 saturated carbocycles. The van der Waals surface area contributed by atoms with Gasteiger partial charge in [-0.25, -0.2) is 4.39 Å². The molecular formula is C19H17FN2O3. The van der Waals surface area contributed by atoms with Crippen molar-refractivity contribution in [3.05, 3.63) is 65.6 Å². The van der Waals surface area contributed by atoms with Crippen molar-refractivity contribution in [1.29, 1.82) is 0 Å². The van der Waals surface area contributed by atoms with Crippen LogP contribution in [0, 0.1) is 5.82 Å². The fourth-order valence-corrected chi connectivity index (χ4v) is 2.66. The van der Waals surface area contributed by atoms with Gasteiger partial charge < -0.3 is 10.1 Å². The van der Waals surface area contributed by atoms with E-state index >= 15 is 0 Å². The first kappa shape index (κ1) is 16.7. The Labute approximate surface area is 144 Å². The molecule has 0 atom stereocenters. The predicted molar refractivity (Wildman–Crippen MR) is 92.4 cm³/mol. The average molecular weight is 340 g/mol. The lowest BCUT2D eigenvalue weighted by Gasteiger charge is -2.06. The number of carbonyl (C=O) groups is 2. The summed E-state index contributed by atoms with van der Waals surface area (Å²) in [5.74, 6) is -0.342. The van der Waals surface area contributed by atoms with Gasteiger partial charge in [-0.15, -0.1) is 0 Å². The van der Waals surface area contributed by atoms with Gasteiger partial charge in [0.2, 0.25) is 5.91 Å². The number of hydrogen-bond acceptors (Lipinski definition) is 3. The number of amides is 1. The molecule has 2 aromatic carbocycles. The number of hydrogen-bond donors (Lipinski definition) is 1. The lowest BCUT2D eigenvalue weighted by Crippen LogP contribution is -2.22. The van der Waals surface area contributed by atoms with E-state index in [1.54, 1.807) is 19.2 Å². The third-order valence-electron chi connectivity index (χ3n) is 3.96. The van der Waals surface area contributed by atoms with Crippen LogP contribution in [-0.4, -0.2) is 23.5 Å². The van der Waals surface area contributed by atoms with Crippen LogP contribution in [0.5, 0.6) is 5.75 Å². The molecule has 0 aliphatic rings. The molecule has 0 fully saturated rings. The number of benzene rings is 2. The molecule has 0 bridgehead atoms. The van der Waals surface area contributed by atoms with Crippen molar-refractivity contribution in [3.63, 3.8) is 0 Å². The fourth-order valence-electron chi connectivity index (χ4n) is 2.66. The maximum absolute atomic E-state index is 13.6. The summed E-state index contributed by atoms with van der Waals surface area (Å²) in [5.41, 5.74) is 1.66. The molecule has 3 rings (SSSR count). The molecule has 0 spiro atoms. The van der Waals surface area contributed by atoms with Crippen LogP contribution in [0.4, 0.5) is 4.39 Å². The van der Waals surface area contributed by atoms with E-state index in [9.17, 15) is 14.0 Å². The quantitative estimate of drug-likeness (QED) is 0.792. The third-order valence-corrected chi connectivity index (χ3v) is 3.96. The molecule has 0 saturated heterocycles. The highest BCUT2D eigenvalue weighted by Gasteiger charge is 2.17. The van der Waals surface area contributed by atoms with Crippen LogP contribution in [0.1, 0.15) is 27.6 Å². The number of methoxy groups -OCH3 is 1. The van der Waals surface area contributed by atoms with Gasteiger partial charge in [0.25, 0.3) is 5.91 Å². The molecule has 6 heteroatoms. The van der Waals surface area contributed by atoms with Gasteiger partial charge in [0.05, 0.1) is 18.2 Å². The number of aromatic nitrogens is 1. The lowest BCUT2D eigenvalue weighted by atomic mass is 10.1. The van der Waals surface area contributed by atoms with Crippen molar-refractivity contribution in [1.82, 2.24) is 9.88 Å². The summed E-state index contributed by atoms with van der Waals surface area (Å²) in [6.45, 7) is 1.70. The van der Waals surface area contributed by atoms with Gasteiger partial charge in [0.1, 0.15) is 11.6 Å². The number of nitrogens with zero attached hydrogens (tertiary/aromatic N) is 1. The molecule has 0 aliphatic carbocycles. The van der Waals surface area contributed by atoms with E-state index in [-0.39, 0.29) is 17.4 Å². The Hall–Kier alpha value is -3.15. The Morgan fingerprint density at radius 3 is 2.52 bits per heavy atom. The maximum Gasteiger partial charge on any atom is 0.253 e. The molecular weight excluding hydrogens is 323 g/mol. The summed E-state index contributed by atoms with van der Waals surface area (Å²) in [4.78, 5) is 24.3. The number of ether oxygens (including phenoxy) is 1. The normalized spacial score (nSPS) is 10.7. The second-order valence-corrected chi connectivity index (χ2v) is 5.62. The van der Waals surface area contributed by atoms with Crippen LogP contribution in [0.2, 0.25) is 0 Å². The van der Waals surface area contributed by atoms with Crippen LogP contribution < -0.4 is 10.1 Å². The number of halogens is 1. The summed E-state index contributed by atoms with van der Waals surface area (Å²) in [7, 11) is 1.58. The zero-order chi connectivity index (χ0) is 18.0. The van der Waals surface area contributed by atoms with E-state index in [0.29, 0.717) is 17.4 Å². The Morgan fingerprint density at radius 2 is 1.88 bits per heavy atom. The predicted octanol–water partition coefficient (Wildman–Crippen LogP) is 3.38. The molecule has 0 unspecified atom stereocenters. The lowest BCUT2D eigenvalue weighted by molar-refractivity contribution is 0.0941. The molecule has 25 heavy (non-hydrogen) atoms. The third kappa shape index (κ3) is 3.38. The summed E-state index contributed by atoms with van der Waals surface area (Å²) in [6, 6.07) is 11.3. The van der Waals surface area contributed by atoms with E-state index in [4.69, 9.17) is 4.74 Å². The number of rotatable bonds is 4. The largest absolute Gasteiger partial charge is 0.497 e.